The zero-order valence-corrected chi connectivity index (χ0v) is 51.0. The molecule has 4 N–H and O–H groups in total. The highest BCUT2D eigenvalue weighted by atomic mass is 16.6. The van der Waals surface area contributed by atoms with E-state index in [9.17, 15) is 58.8 Å². The zero-order valence-electron chi connectivity index (χ0n) is 51.0. The number of amides is 8. The minimum atomic E-state index is -0.589. The van der Waals surface area contributed by atoms with Gasteiger partial charge in [-0.15, -0.1) is 0 Å². The van der Waals surface area contributed by atoms with E-state index in [1.165, 1.54) is 87.7 Å². The second-order valence-electron chi connectivity index (χ2n) is 18.6. The first kappa shape index (κ1) is 86.2. The minimum absolute atomic E-state index is 0.0926. The average molecular weight is 1080 g/mol. The largest absolute Gasteiger partial charge is 0.394 e. The first-order chi connectivity index (χ1) is 33.5. The minimum Gasteiger partial charge on any atom is -0.394 e. The first-order valence-electron chi connectivity index (χ1n) is 24.0. The van der Waals surface area contributed by atoms with Gasteiger partial charge in [-0.25, -0.2) is 0 Å². The van der Waals surface area contributed by atoms with Crippen LogP contribution >= 0.6 is 0 Å². The maximum absolute atomic E-state index is 12.7. The molecule has 0 aromatic heterocycles. The third-order valence-electron chi connectivity index (χ3n) is 9.08. The van der Waals surface area contributed by atoms with Crippen LogP contribution in [0, 0.1) is 5.92 Å². The summed E-state index contributed by atoms with van der Waals surface area (Å²) < 4.78 is 22.4. The molecule has 0 saturated carbocycles. The lowest BCUT2D eigenvalue weighted by Gasteiger charge is -2.28. The molecule has 24 heteroatoms. The van der Waals surface area contributed by atoms with E-state index in [1.54, 1.807) is 140 Å². The fourth-order valence-corrected chi connectivity index (χ4v) is 2.93. The maximum atomic E-state index is 12.7. The summed E-state index contributed by atoms with van der Waals surface area (Å²) in [7, 11) is 27.4. The van der Waals surface area contributed by atoms with E-state index in [2.05, 4.69) is 0 Å². The molecular formula is C50H108N8O16. The Balaban J connectivity index is -0.000000138. The number of rotatable bonds is 19. The number of nitrogens with zero attached hydrogens (tertiary/aromatic N) is 8. The number of aliphatic hydroxyl groups excluding tert-OH is 4. The summed E-state index contributed by atoms with van der Waals surface area (Å²) in [5, 5.41) is 38.1. The van der Waals surface area contributed by atoms with Crippen molar-refractivity contribution < 1.29 is 77.7 Å². The molecule has 8 amide bonds. The van der Waals surface area contributed by atoms with Crippen molar-refractivity contribution in [2.75, 3.05) is 152 Å². The van der Waals surface area contributed by atoms with E-state index < -0.39 is 30.3 Å². The zero-order chi connectivity index (χ0) is 60.8. The number of carbonyl (C=O) groups excluding carboxylic acids is 8. The molecule has 0 spiro atoms. The van der Waals surface area contributed by atoms with Crippen molar-refractivity contribution in [1.82, 2.24) is 39.2 Å². The van der Waals surface area contributed by atoms with Crippen LogP contribution in [0.15, 0.2) is 0 Å². The number of ether oxygens (including phenoxy) is 4. The van der Waals surface area contributed by atoms with Crippen LogP contribution in [0.3, 0.4) is 0 Å². The van der Waals surface area contributed by atoms with Gasteiger partial charge in [-0.3, -0.25) is 38.4 Å². The number of hydrogen-bond acceptors (Lipinski definition) is 16. The van der Waals surface area contributed by atoms with Gasteiger partial charge in [0, 0.05) is 167 Å². The molecule has 0 aromatic carbocycles. The number of aliphatic hydroxyl groups is 4. The molecule has 6 unspecified atom stereocenters. The standard InChI is InChI=1S/C22H45NO9.7C4H9NO/c1-15(26)11-29-17(3)13-31-20(9-24)7-19(22(28)23(5)6)8-21(10-25)32-14-18(4)30-12-16(2)27;7*1-4(6)5(2)3/h15-21,24-27H,7-14H2,1-6H3;7*1-3H3. The summed E-state index contributed by atoms with van der Waals surface area (Å²) in [6.07, 6.45) is -2.39. The van der Waals surface area contributed by atoms with Crippen LogP contribution in [0.2, 0.25) is 0 Å². The summed E-state index contributed by atoms with van der Waals surface area (Å²) in [5.74, 6) is -0.0254. The van der Waals surface area contributed by atoms with Gasteiger partial charge in [0.25, 0.3) is 0 Å². The second kappa shape index (κ2) is 53.3. The lowest BCUT2D eigenvalue weighted by Crippen LogP contribution is -2.38. The quantitative estimate of drug-likeness (QED) is 0.137. The molecule has 0 fully saturated rings. The molecule has 0 radical (unpaired) electrons. The predicted octanol–water partition coefficient (Wildman–Crippen LogP) is 0.459. The molecule has 444 valence electrons. The monoisotopic (exact) mass is 1080 g/mol. The molecule has 0 aliphatic rings. The van der Waals surface area contributed by atoms with Crippen LogP contribution in [-0.2, 0) is 57.3 Å². The van der Waals surface area contributed by atoms with Gasteiger partial charge in [0.2, 0.25) is 47.3 Å². The van der Waals surface area contributed by atoms with Crippen LogP contribution < -0.4 is 0 Å². The molecule has 24 nitrogen and oxygen atoms in total. The van der Waals surface area contributed by atoms with Gasteiger partial charge in [-0.2, -0.15) is 0 Å². The lowest BCUT2D eigenvalue weighted by atomic mass is 9.93. The van der Waals surface area contributed by atoms with Crippen LogP contribution in [-0.4, -0.2) is 296 Å². The van der Waals surface area contributed by atoms with Crippen LogP contribution in [0.1, 0.15) is 89.0 Å². The Morgan fingerprint density at radius 3 is 0.635 bits per heavy atom. The Hall–Kier alpha value is -4.56. The Bertz CT molecular complexity index is 1240. The molecule has 74 heavy (non-hydrogen) atoms. The van der Waals surface area contributed by atoms with Gasteiger partial charge in [0.15, 0.2) is 0 Å². The normalized spacial score (nSPS) is 12.4. The molecule has 0 aliphatic carbocycles. The highest BCUT2D eigenvalue weighted by Crippen LogP contribution is 2.20. The first-order valence-corrected chi connectivity index (χ1v) is 24.0. The summed E-state index contributed by atoms with van der Waals surface area (Å²) >= 11 is 0. The van der Waals surface area contributed by atoms with E-state index in [4.69, 9.17) is 18.9 Å². The highest BCUT2D eigenvalue weighted by molar-refractivity contribution is 5.78. The smallest absolute Gasteiger partial charge is 0.225 e. The number of carbonyl (C=O) groups is 8. The molecular weight excluding hydrogens is 969 g/mol. The Morgan fingerprint density at radius 2 is 0.514 bits per heavy atom. The molecule has 0 heterocycles. The van der Waals surface area contributed by atoms with Crippen molar-refractivity contribution >= 4 is 47.3 Å². The van der Waals surface area contributed by atoms with Crippen molar-refractivity contribution in [3.05, 3.63) is 0 Å². The van der Waals surface area contributed by atoms with Crippen molar-refractivity contribution in [1.29, 1.82) is 0 Å². The molecule has 0 saturated heterocycles. The second-order valence-corrected chi connectivity index (χ2v) is 18.6. The van der Waals surface area contributed by atoms with Crippen molar-refractivity contribution in [3.63, 3.8) is 0 Å². The fraction of sp³-hybridized carbons (Fsp3) is 0.840. The summed E-state index contributed by atoms with van der Waals surface area (Å²) in [4.78, 5) is 95.4. The molecule has 0 bridgehead atoms. The van der Waals surface area contributed by atoms with E-state index >= 15 is 0 Å². The molecule has 0 aromatic rings. The summed E-state index contributed by atoms with van der Waals surface area (Å²) in [6.45, 7) is 17.8. The van der Waals surface area contributed by atoms with E-state index in [0.717, 1.165) is 0 Å². The van der Waals surface area contributed by atoms with Crippen molar-refractivity contribution in [2.45, 2.75) is 126 Å². The van der Waals surface area contributed by atoms with Gasteiger partial charge in [0.05, 0.1) is 76.3 Å². The SMILES string of the molecule is CC(=O)N(C)C.CC(=O)N(C)C.CC(=O)N(C)C.CC(=O)N(C)C.CC(=O)N(C)C.CC(=O)N(C)C.CC(=O)N(C)C.CC(O)COC(C)COC(CO)CC(CC(CO)OCC(C)OCC(C)O)C(=O)N(C)C. The topological polar surface area (TPSA) is 280 Å². The summed E-state index contributed by atoms with van der Waals surface area (Å²) in [5.41, 5.74) is 0. The molecule has 0 rings (SSSR count). The molecule has 6 atom stereocenters. The average Bonchev–Trinajstić information content (AvgIpc) is 3.27. The van der Waals surface area contributed by atoms with Crippen molar-refractivity contribution in [3.8, 4) is 0 Å². The Kier molecular flexibility index (Phi) is 62.0. The third-order valence-corrected chi connectivity index (χ3v) is 9.08. The lowest BCUT2D eigenvalue weighted by molar-refractivity contribution is -0.138. The highest BCUT2D eigenvalue weighted by Gasteiger charge is 2.29. The van der Waals surface area contributed by atoms with Gasteiger partial charge < -0.3 is 78.6 Å². The van der Waals surface area contributed by atoms with Gasteiger partial charge in [-0.05, 0) is 40.5 Å². The van der Waals surface area contributed by atoms with E-state index in [1.807, 2.05) is 0 Å². The predicted molar refractivity (Wildman–Crippen MR) is 290 cm³/mol. The molecule has 0 aliphatic heterocycles. The van der Waals surface area contributed by atoms with Crippen LogP contribution in [0.5, 0.6) is 0 Å². The fourth-order valence-electron chi connectivity index (χ4n) is 2.93. The van der Waals surface area contributed by atoms with Crippen LogP contribution in [0.25, 0.3) is 0 Å². The third kappa shape index (κ3) is 74.0. The Labute approximate surface area is 447 Å². The van der Waals surface area contributed by atoms with E-state index in [0.29, 0.717) is 0 Å². The Morgan fingerprint density at radius 1 is 0.338 bits per heavy atom. The summed E-state index contributed by atoms with van der Waals surface area (Å²) in [6, 6.07) is 0. The van der Waals surface area contributed by atoms with Gasteiger partial charge >= 0.3 is 0 Å². The maximum Gasteiger partial charge on any atom is 0.225 e. The van der Waals surface area contributed by atoms with Crippen LogP contribution in [0.4, 0.5) is 0 Å². The van der Waals surface area contributed by atoms with Gasteiger partial charge in [0.1, 0.15) is 0 Å². The van der Waals surface area contributed by atoms with E-state index in [-0.39, 0.29) is 112 Å². The van der Waals surface area contributed by atoms with Crippen molar-refractivity contribution in [2.24, 2.45) is 5.92 Å². The van der Waals surface area contributed by atoms with Gasteiger partial charge in [-0.1, -0.05) is 0 Å². The number of hydrogen-bond donors (Lipinski definition) is 4.